The Bertz CT molecular complexity index is 1520. The predicted octanol–water partition coefficient (Wildman–Crippen LogP) is 5.13. The molecule has 4 aliphatic rings. The highest BCUT2D eigenvalue weighted by molar-refractivity contribution is 6.31. The first-order valence-electron chi connectivity index (χ1n) is 13.7. The molecule has 1 N–H and O–H groups in total. The maximum Gasteiger partial charge on any atom is 0.241 e. The maximum absolute atomic E-state index is 14.3. The van der Waals surface area contributed by atoms with Crippen LogP contribution in [0.25, 0.3) is 0 Å². The van der Waals surface area contributed by atoms with E-state index in [2.05, 4.69) is 0 Å². The van der Waals surface area contributed by atoms with Crippen LogP contribution in [0.4, 0.5) is 10.1 Å². The van der Waals surface area contributed by atoms with Gasteiger partial charge < -0.3 is 5.11 Å². The first-order valence-corrected chi connectivity index (χ1v) is 14.1. The molecule has 6 rings (SSSR count). The molecule has 0 spiro atoms. The summed E-state index contributed by atoms with van der Waals surface area (Å²) in [7, 11) is 0. The molecule has 2 aromatic carbocycles. The van der Waals surface area contributed by atoms with Gasteiger partial charge in [-0.25, -0.2) is 9.29 Å². The Morgan fingerprint density at radius 1 is 1.07 bits per heavy atom. The van der Waals surface area contributed by atoms with Gasteiger partial charge in [0.2, 0.25) is 23.6 Å². The van der Waals surface area contributed by atoms with Crippen LogP contribution in [0.15, 0.2) is 48.0 Å². The lowest BCUT2D eigenvalue weighted by molar-refractivity contribution is -0.140. The largest absolute Gasteiger partial charge is 0.507 e. The number of para-hydroxylation sites is 1. The third-order valence-electron chi connectivity index (χ3n) is 9.55. The first-order chi connectivity index (χ1) is 19.0. The fraction of sp³-hybridized carbons (Fsp3) is 0.419. The molecule has 2 aliphatic heterocycles. The van der Waals surface area contributed by atoms with Crippen LogP contribution in [0.1, 0.15) is 50.2 Å². The lowest BCUT2D eigenvalue weighted by Crippen LogP contribution is -2.49. The number of phenolic OH excluding ortho intramolecular Hbond substituents is 1. The molecule has 0 unspecified atom stereocenters. The van der Waals surface area contributed by atoms with Gasteiger partial charge in [0.25, 0.3) is 0 Å². The molecule has 1 saturated carbocycles. The quantitative estimate of drug-likeness (QED) is 0.410. The van der Waals surface area contributed by atoms with E-state index in [1.165, 1.54) is 17.0 Å². The molecule has 2 saturated heterocycles. The van der Waals surface area contributed by atoms with Crippen LogP contribution in [0, 0.1) is 41.8 Å². The second kappa shape index (κ2) is 9.26. The molecule has 3 fully saturated rings. The summed E-state index contributed by atoms with van der Waals surface area (Å²) in [5, 5.41) is 11.0. The molecular formula is C31H30ClFN2O5. The lowest BCUT2D eigenvalue weighted by Gasteiger charge is -2.49. The maximum atomic E-state index is 14.3. The summed E-state index contributed by atoms with van der Waals surface area (Å²) in [5.74, 6) is -5.13. The van der Waals surface area contributed by atoms with Crippen LogP contribution in [-0.4, -0.2) is 40.2 Å². The minimum absolute atomic E-state index is 0.0288. The van der Waals surface area contributed by atoms with Gasteiger partial charge in [-0.05, 0) is 62.8 Å². The number of amides is 4. The normalized spacial score (nSPS) is 31.3. The number of imide groups is 2. The van der Waals surface area contributed by atoms with Crippen LogP contribution in [0.5, 0.6) is 5.75 Å². The third-order valence-corrected chi connectivity index (χ3v) is 9.84. The molecule has 208 valence electrons. The minimum atomic E-state index is -1.30. The summed E-state index contributed by atoms with van der Waals surface area (Å²) in [4.78, 5) is 57.7. The number of hydrogen-bond acceptors (Lipinski definition) is 5. The molecule has 4 amide bonds. The smallest absolute Gasteiger partial charge is 0.241 e. The third kappa shape index (κ3) is 3.47. The zero-order valence-corrected chi connectivity index (χ0v) is 23.2. The van der Waals surface area contributed by atoms with Crippen molar-refractivity contribution in [3.63, 3.8) is 0 Å². The zero-order valence-electron chi connectivity index (χ0n) is 22.5. The second-order valence-electron chi connectivity index (χ2n) is 11.6. The van der Waals surface area contributed by atoms with E-state index in [1.54, 1.807) is 32.0 Å². The number of benzene rings is 2. The lowest BCUT2D eigenvalue weighted by atomic mass is 9.51. The summed E-state index contributed by atoms with van der Waals surface area (Å²) in [6.45, 7) is 5.75. The number of fused-ring (bicyclic) bond motifs is 4. The van der Waals surface area contributed by atoms with E-state index in [4.69, 9.17) is 11.6 Å². The second-order valence-corrected chi connectivity index (χ2v) is 12.0. The van der Waals surface area contributed by atoms with Gasteiger partial charge >= 0.3 is 0 Å². The van der Waals surface area contributed by atoms with Gasteiger partial charge in [0.05, 0.1) is 33.9 Å². The highest BCUT2D eigenvalue weighted by Gasteiger charge is 2.67. The van der Waals surface area contributed by atoms with Crippen molar-refractivity contribution in [3.05, 3.63) is 70.0 Å². The SMILES string of the molecule is CCCN1C(=O)[C@H]2[C@H](CC=C3[C@H]2C[C@H]2C(=O)N(c4ccc(F)c(Cl)c4)C(=O)[C@@]2(C)[C@H]3c2cccc(C)c2O)C1=O. The van der Waals surface area contributed by atoms with Crippen molar-refractivity contribution in [2.75, 3.05) is 11.4 Å². The Labute approximate surface area is 236 Å². The van der Waals surface area contributed by atoms with Crippen molar-refractivity contribution < 1.29 is 28.7 Å². The Hall–Kier alpha value is -3.52. The van der Waals surface area contributed by atoms with Gasteiger partial charge in [-0.3, -0.25) is 24.1 Å². The van der Waals surface area contributed by atoms with E-state index in [-0.39, 0.29) is 34.7 Å². The van der Waals surface area contributed by atoms with Crippen molar-refractivity contribution in [3.8, 4) is 5.75 Å². The standard InChI is InChI=1S/C31H30ClFN2O5/c1-4-12-34-27(37)18-10-9-17-20(24(18)29(34)39)14-21-28(38)35(16-8-11-23(33)22(32)13-16)30(40)31(21,3)25(17)19-7-5-6-15(2)26(19)36/h5-9,11,13,18,20-21,24-25,36H,4,10,12,14H2,1-3H3/t18-,20+,21-,24-,25+,31+/m0/s1. The zero-order chi connectivity index (χ0) is 28.7. The molecular weight excluding hydrogens is 535 g/mol. The molecule has 2 aromatic rings. The Kier molecular flexibility index (Phi) is 6.18. The number of allylic oxidation sites excluding steroid dienone is 2. The van der Waals surface area contributed by atoms with E-state index < -0.39 is 52.6 Å². The van der Waals surface area contributed by atoms with Crippen LogP contribution in [-0.2, 0) is 19.2 Å². The number of halogens is 2. The van der Waals surface area contributed by atoms with E-state index in [0.29, 0.717) is 30.5 Å². The summed E-state index contributed by atoms with van der Waals surface area (Å²) >= 11 is 6.03. The fourth-order valence-corrected chi connectivity index (χ4v) is 7.83. The molecule has 0 bridgehead atoms. The van der Waals surface area contributed by atoms with Gasteiger partial charge in [-0.1, -0.05) is 48.4 Å². The topological polar surface area (TPSA) is 95.0 Å². The number of hydrogen-bond donors (Lipinski definition) is 1. The number of aromatic hydroxyl groups is 1. The number of anilines is 1. The molecule has 6 atom stereocenters. The number of likely N-dealkylation sites (tertiary alicyclic amines) is 1. The van der Waals surface area contributed by atoms with Crippen molar-refractivity contribution in [2.45, 2.75) is 46.0 Å². The molecule has 40 heavy (non-hydrogen) atoms. The van der Waals surface area contributed by atoms with Crippen molar-refractivity contribution in [1.82, 2.24) is 4.90 Å². The van der Waals surface area contributed by atoms with E-state index >= 15 is 0 Å². The number of nitrogens with zero attached hydrogens (tertiary/aromatic N) is 2. The van der Waals surface area contributed by atoms with E-state index in [0.717, 1.165) is 16.5 Å². The Balaban J connectivity index is 1.53. The highest BCUT2D eigenvalue weighted by atomic mass is 35.5. The molecule has 9 heteroatoms. The van der Waals surface area contributed by atoms with Gasteiger partial charge in [0.15, 0.2) is 0 Å². The highest BCUT2D eigenvalue weighted by Crippen LogP contribution is 2.64. The summed E-state index contributed by atoms with van der Waals surface area (Å²) in [6.07, 6.45) is 3.16. The molecule has 2 heterocycles. The van der Waals surface area contributed by atoms with Gasteiger partial charge in [0.1, 0.15) is 11.6 Å². The van der Waals surface area contributed by atoms with Crippen molar-refractivity contribution in [2.24, 2.45) is 29.1 Å². The number of aryl methyl sites for hydroxylation is 1. The molecule has 0 radical (unpaired) electrons. The summed E-state index contributed by atoms with van der Waals surface area (Å²) < 4.78 is 14.0. The van der Waals surface area contributed by atoms with Gasteiger partial charge in [0, 0.05) is 18.0 Å². The van der Waals surface area contributed by atoms with Gasteiger partial charge in [-0.2, -0.15) is 0 Å². The Morgan fingerprint density at radius 3 is 2.52 bits per heavy atom. The van der Waals surface area contributed by atoms with Gasteiger partial charge in [-0.15, -0.1) is 0 Å². The fourth-order valence-electron chi connectivity index (χ4n) is 7.65. The number of rotatable bonds is 4. The average molecular weight is 565 g/mol. The van der Waals surface area contributed by atoms with Crippen molar-refractivity contribution in [1.29, 1.82) is 0 Å². The van der Waals surface area contributed by atoms with Crippen molar-refractivity contribution >= 4 is 40.9 Å². The molecule has 0 aromatic heterocycles. The van der Waals surface area contributed by atoms with Crippen LogP contribution >= 0.6 is 11.6 Å². The van der Waals surface area contributed by atoms with E-state index in [9.17, 15) is 28.7 Å². The predicted molar refractivity (Wildman–Crippen MR) is 146 cm³/mol. The van der Waals surface area contributed by atoms with Crippen LogP contribution in [0.3, 0.4) is 0 Å². The molecule has 2 aliphatic carbocycles. The van der Waals surface area contributed by atoms with E-state index in [1.807, 2.05) is 13.0 Å². The number of phenols is 1. The molecule has 7 nitrogen and oxygen atoms in total. The van der Waals surface area contributed by atoms with Crippen LogP contribution in [0.2, 0.25) is 5.02 Å². The monoisotopic (exact) mass is 564 g/mol. The number of carbonyl (C=O) groups excluding carboxylic acids is 4. The number of carbonyl (C=O) groups is 4. The minimum Gasteiger partial charge on any atom is -0.507 e. The summed E-state index contributed by atoms with van der Waals surface area (Å²) in [5.41, 5.74) is 0.798. The van der Waals surface area contributed by atoms with Crippen LogP contribution < -0.4 is 4.90 Å². The Morgan fingerprint density at radius 2 is 1.82 bits per heavy atom. The average Bonchev–Trinajstić information content (AvgIpc) is 3.28. The summed E-state index contributed by atoms with van der Waals surface area (Å²) in [6, 6.07) is 9.04. The first kappa shape index (κ1) is 26.7.